The Labute approximate surface area is 118 Å². The highest BCUT2D eigenvalue weighted by Gasteiger charge is 2.29. The van der Waals surface area contributed by atoms with E-state index < -0.39 is 11.9 Å². The van der Waals surface area contributed by atoms with Crippen LogP contribution < -0.4 is 0 Å². The van der Waals surface area contributed by atoms with Gasteiger partial charge in [-0.1, -0.05) is 6.42 Å². The van der Waals surface area contributed by atoms with Crippen LogP contribution in [-0.4, -0.2) is 58.9 Å². The van der Waals surface area contributed by atoms with Gasteiger partial charge in [-0.05, 0) is 25.7 Å². The molecular weight excluding hydrogens is 260 g/mol. The average Bonchev–Trinajstić information content (AvgIpc) is 2.64. The number of aliphatic carboxylic acids is 1. The molecule has 1 N–H and O–H groups in total. The fourth-order valence-corrected chi connectivity index (χ4v) is 2.87. The van der Waals surface area contributed by atoms with Gasteiger partial charge in [0, 0.05) is 26.1 Å². The molecule has 0 aromatic rings. The molecule has 112 valence electrons. The molecular formula is C14H22N2O4. The summed E-state index contributed by atoms with van der Waals surface area (Å²) in [4.78, 5) is 38.3. The van der Waals surface area contributed by atoms with Crippen molar-refractivity contribution in [2.45, 2.75) is 38.5 Å². The summed E-state index contributed by atoms with van der Waals surface area (Å²) in [5.74, 6) is -1.38. The molecule has 6 heteroatoms. The van der Waals surface area contributed by atoms with E-state index in [1.54, 1.807) is 9.80 Å². The number of nitrogens with zero attached hydrogens (tertiary/aromatic N) is 2. The minimum atomic E-state index is -0.839. The second kappa shape index (κ2) is 6.72. The lowest BCUT2D eigenvalue weighted by Crippen LogP contribution is -2.47. The summed E-state index contributed by atoms with van der Waals surface area (Å²) >= 11 is 0. The Morgan fingerprint density at radius 2 is 1.95 bits per heavy atom. The fourth-order valence-electron chi connectivity index (χ4n) is 2.87. The van der Waals surface area contributed by atoms with Crippen LogP contribution in [-0.2, 0) is 14.4 Å². The lowest BCUT2D eigenvalue weighted by Gasteiger charge is -2.32. The van der Waals surface area contributed by atoms with E-state index in [2.05, 4.69) is 0 Å². The van der Waals surface area contributed by atoms with Gasteiger partial charge in [0.25, 0.3) is 0 Å². The van der Waals surface area contributed by atoms with E-state index in [-0.39, 0.29) is 24.9 Å². The van der Waals surface area contributed by atoms with E-state index in [1.807, 2.05) is 0 Å². The number of likely N-dealkylation sites (tertiary alicyclic amines) is 2. The quantitative estimate of drug-likeness (QED) is 0.827. The van der Waals surface area contributed by atoms with Crippen LogP contribution in [0.3, 0.4) is 0 Å². The van der Waals surface area contributed by atoms with Gasteiger partial charge in [0.2, 0.25) is 11.8 Å². The predicted octanol–water partition coefficient (Wildman–Crippen LogP) is 0.712. The van der Waals surface area contributed by atoms with Crippen molar-refractivity contribution in [3.63, 3.8) is 0 Å². The Hall–Kier alpha value is -1.59. The van der Waals surface area contributed by atoms with Gasteiger partial charge < -0.3 is 14.9 Å². The smallest absolute Gasteiger partial charge is 0.308 e. The van der Waals surface area contributed by atoms with E-state index in [4.69, 9.17) is 5.11 Å². The Morgan fingerprint density at radius 3 is 2.70 bits per heavy atom. The highest BCUT2D eigenvalue weighted by atomic mass is 16.4. The van der Waals surface area contributed by atoms with E-state index in [9.17, 15) is 14.4 Å². The molecule has 2 fully saturated rings. The number of rotatable bonds is 3. The summed E-state index contributed by atoms with van der Waals surface area (Å²) in [5, 5.41) is 9.04. The zero-order valence-corrected chi connectivity index (χ0v) is 11.7. The molecule has 0 bridgehead atoms. The van der Waals surface area contributed by atoms with Crippen molar-refractivity contribution in [3.05, 3.63) is 0 Å². The average molecular weight is 282 g/mol. The molecule has 2 rings (SSSR count). The first kappa shape index (κ1) is 14.8. The third-order valence-corrected chi connectivity index (χ3v) is 4.12. The van der Waals surface area contributed by atoms with Crippen molar-refractivity contribution in [3.8, 4) is 0 Å². The molecule has 0 saturated carbocycles. The molecule has 2 heterocycles. The number of hydrogen-bond acceptors (Lipinski definition) is 3. The maximum atomic E-state index is 12.2. The summed E-state index contributed by atoms with van der Waals surface area (Å²) in [7, 11) is 0. The van der Waals surface area contributed by atoms with Gasteiger partial charge in [-0.3, -0.25) is 14.4 Å². The highest BCUT2D eigenvalue weighted by molar-refractivity contribution is 5.85. The predicted molar refractivity (Wildman–Crippen MR) is 72.0 cm³/mol. The standard InChI is InChI=1S/C14H22N2O4/c17-12-6-2-1-3-7-16(12)10-13(18)15-8-4-5-11(9-15)14(19)20/h11H,1-10H2,(H,19,20)/t11-/m0/s1. The van der Waals surface area contributed by atoms with Gasteiger partial charge in [0.05, 0.1) is 12.5 Å². The number of amides is 2. The van der Waals surface area contributed by atoms with Gasteiger partial charge >= 0.3 is 5.97 Å². The Kier molecular flexibility index (Phi) is 4.98. The third-order valence-electron chi connectivity index (χ3n) is 4.12. The van der Waals surface area contributed by atoms with Crippen molar-refractivity contribution < 1.29 is 19.5 Å². The fraction of sp³-hybridized carbons (Fsp3) is 0.786. The third kappa shape index (κ3) is 3.71. The topological polar surface area (TPSA) is 77.9 Å². The summed E-state index contributed by atoms with van der Waals surface area (Å²) in [5.41, 5.74) is 0. The summed E-state index contributed by atoms with van der Waals surface area (Å²) in [6.45, 7) is 1.62. The summed E-state index contributed by atoms with van der Waals surface area (Å²) in [6.07, 6.45) is 4.73. The number of hydrogen-bond donors (Lipinski definition) is 1. The number of carboxylic acids is 1. The van der Waals surface area contributed by atoms with Crippen LogP contribution in [0, 0.1) is 5.92 Å². The van der Waals surface area contributed by atoms with Crippen LogP contribution in [0.2, 0.25) is 0 Å². The van der Waals surface area contributed by atoms with Crippen molar-refractivity contribution in [1.29, 1.82) is 0 Å². The van der Waals surface area contributed by atoms with Gasteiger partial charge in [0.15, 0.2) is 0 Å². The lowest BCUT2D eigenvalue weighted by molar-refractivity contribution is -0.147. The first-order valence-corrected chi connectivity index (χ1v) is 7.36. The van der Waals surface area contributed by atoms with Crippen LogP contribution in [0.15, 0.2) is 0 Å². The second-order valence-corrected chi connectivity index (χ2v) is 5.64. The van der Waals surface area contributed by atoms with Crippen LogP contribution in [0.1, 0.15) is 38.5 Å². The van der Waals surface area contributed by atoms with Gasteiger partial charge in [-0.15, -0.1) is 0 Å². The molecule has 20 heavy (non-hydrogen) atoms. The van der Waals surface area contributed by atoms with E-state index in [0.29, 0.717) is 25.9 Å². The number of carbonyl (C=O) groups is 3. The molecule has 0 aromatic carbocycles. The van der Waals surface area contributed by atoms with E-state index >= 15 is 0 Å². The molecule has 2 saturated heterocycles. The summed E-state index contributed by atoms with van der Waals surface area (Å²) < 4.78 is 0. The lowest BCUT2D eigenvalue weighted by atomic mass is 9.98. The Morgan fingerprint density at radius 1 is 1.15 bits per heavy atom. The van der Waals surface area contributed by atoms with Gasteiger partial charge in [-0.25, -0.2) is 0 Å². The number of carbonyl (C=O) groups excluding carboxylic acids is 2. The Bertz CT molecular complexity index is 397. The Balaban J connectivity index is 1.90. The molecule has 2 aliphatic heterocycles. The van der Waals surface area contributed by atoms with Gasteiger partial charge in [0.1, 0.15) is 0 Å². The van der Waals surface area contributed by atoms with Crippen molar-refractivity contribution >= 4 is 17.8 Å². The first-order chi connectivity index (χ1) is 9.58. The molecule has 0 radical (unpaired) electrons. The SMILES string of the molecule is O=C(O)[C@H]1CCCN(C(=O)CN2CCCCCC2=O)C1. The van der Waals surface area contributed by atoms with Crippen LogP contribution in [0.25, 0.3) is 0 Å². The first-order valence-electron chi connectivity index (χ1n) is 7.36. The zero-order chi connectivity index (χ0) is 14.5. The molecule has 0 aliphatic carbocycles. The van der Waals surface area contributed by atoms with Crippen LogP contribution in [0.5, 0.6) is 0 Å². The minimum absolute atomic E-state index is 0.0441. The monoisotopic (exact) mass is 282 g/mol. The molecule has 0 spiro atoms. The molecule has 0 aromatic heterocycles. The van der Waals surface area contributed by atoms with Crippen molar-refractivity contribution in [2.75, 3.05) is 26.2 Å². The minimum Gasteiger partial charge on any atom is -0.481 e. The second-order valence-electron chi connectivity index (χ2n) is 5.64. The number of carboxylic acid groups (broad SMARTS) is 1. The molecule has 6 nitrogen and oxygen atoms in total. The largest absolute Gasteiger partial charge is 0.481 e. The van der Waals surface area contributed by atoms with Gasteiger partial charge in [-0.2, -0.15) is 0 Å². The van der Waals surface area contributed by atoms with Crippen molar-refractivity contribution in [2.24, 2.45) is 5.92 Å². The van der Waals surface area contributed by atoms with Crippen molar-refractivity contribution in [1.82, 2.24) is 9.80 Å². The normalized spacial score (nSPS) is 24.4. The summed E-state index contributed by atoms with van der Waals surface area (Å²) in [6, 6.07) is 0. The molecule has 2 amide bonds. The zero-order valence-electron chi connectivity index (χ0n) is 11.7. The maximum absolute atomic E-state index is 12.2. The molecule has 1 atom stereocenters. The molecule has 2 aliphatic rings. The van der Waals surface area contributed by atoms with Crippen LogP contribution in [0.4, 0.5) is 0 Å². The maximum Gasteiger partial charge on any atom is 0.308 e. The highest BCUT2D eigenvalue weighted by Crippen LogP contribution is 2.17. The van der Waals surface area contributed by atoms with E-state index in [0.717, 1.165) is 25.7 Å². The number of piperidine rings is 1. The van der Waals surface area contributed by atoms with E-state index in [1.165, 1.54) is 0 Å². The molecule has 0 unspecified atom stereocenters. The van der Waals surface area contributed by atoms with Crippen LogP contribution >= 0.6 is 0 Å².